The molecule has 0 heterocycles. The van der Waals surface area contributed by atoms with Crippen molar-refractivity contribution >= 4 is 12.0 Å². The number of ether oxygens (including phenoxy) is 1. The fourth-order valence-corrected chi connectivity index (χ4v) is 1.34. The molecule has 0 saturated heterocycles. The van der Waals surface area contributed by atoms with E-state index in [0.29, 0.717) is 0 Å². The first kappa shape index (κ1) is 13.1. The van der Waals surface area contributed by atoms with E-state index in [0.717, 1.165) is 5.56 Å². The lowest BCUT2D eigenvalue weighted by Crippen LogP contribution is -2.26. The van der Waals surface area contributed by atoms with Gasteiger partial charge in [-0.3, -0.25) is 0 Å². The first-order valence-electron chi connectivity index (χ1n) is 5.42. The van der Waals surface area contributed by atoms with Crippen molar-refractivity contribution in [2.45, 2.75) is 26.5 Å². The molecular formula is C13H15NO3. The van der Waals surface area contributed by atoms with Crippen molar-refractivity contribution in [3.05, 3.63) is 35.9 Å². The van der Waals surface area contributed by atoms with Gasteiger partial charge < -0.3 is 4.74 Å². The standard InChI is InChI=1S/C13H15NO3/c1-10(2)12(14-9-15)13(16)17-8-11-6-4-3-5-7-11/h3-7,10,12H,8H2,1-2H3. The number of nitrogens with zero attached hydrogens (tertiary/aromatic N) is 1. The van der Waals surface area contributed by atoms with Gasteiger partial charge in [-0.1, -0.05) is 44.2 Å². The van der Waals surface area contributed by atoms with E-state index in [-0.39, 0.29) is 12.5 Å². The van der Waals surface area contributed by atoms with Gasteiger partial charge in [0.2, 0.25) is 6.08 Å². The molecule has 1 rings (SSSR count). The van der Waals surface area contributed by atoms with Gasteiger partial charge in [0.1, 0.15) is 6.61 Å². The largest absolute Gasteiger partial charge is 0.459 e. The molecule has 1 unspecified atom stereocenters. The molecule has 0 N–H and O–H groups in total. The summed E-state index contributed by atoms with van der Waals surface area (Å²) in [4.78, 5) is 25.3. The van der Waals surface area contributed by atoms with E-state index < -0.39 is 12.0 Å². The van der Waals surface area contributed by atoms with E-state index in [1.165, 1.54) is 6.08 Å². The smallest absolute Gasteiger partial charge is 0.332 e. The maximum atomic E-state index is 11.7. The maximum absolute atomic E-state index is 11.7. The lowest BCUT2D eigenvalue weighted by atomic mass is 10.1. The molecule has 0 bridgehead atoms. The Morgan fingerprint density at radius 2 is 2.00 bits per heavy atom. The number of esters is 1. The van der Waals surface area contributed by atoms with Crippen LogP contribution in [0.3, 0.4) is 0 Å². The minimum atomic E-state index is -0.767. The molecule has 0 amide bonds. The van der Waals surface area contributed by atoms with Crippen LogP contribution in [0.1, 0.15) is 19.4 Å². The predicted octanol–water partition coefficient (Wildman–Crippen LogP) is 2.09. The van der Waals surface area contributed by atoms with Crippen LogP contribution in [0, 0.1) is 5.92 Å². The minimum Gasteiger partial charge on any atom is -0.459 e. The number of aliphatic imine (C=N–C) groups is 1. The van der Waals surface area contributed by atoms with E-state index in [1.54, 1.807) is 13.8 Å². The Labute approximate surface area is 100 Å². The minimum absolute atomic E-state index is 0.0836. The second-order valence-corrected chi connectivity index (χ2v) is 4.00. The number of hydrogen-bond donors (Lipinski definition) is 0. The average Bonchev–Trinajstić information content (AvgIpc) is 2.34. The molecule has 0 aliphatic heterocycles. The Balaban J connectivity index is 2.56. The van der Waals surface area contributed by atoms with Crippen LogP contribution >= 0.6 is 0 Å². The van der Waals surface area contributed by atoms with Crippen LogP contribution in [-0.4, -0.2) is 18.1 Å². The van der Waals surface area contributed by atoms with Crippen LogP contribution in [0.2, 0.25) is 0 Å². The Kier molecular flexibility index (Phi) is 5.11. The number of carbonyl (C=O) groups is 1. The highest BCUT2D eigenvalue weighted by atomic mass is 16.5. The van der Waals surface area contributed by atoms with Crippen LogP contribution in [0.25, 0.3) is 0 Å². The zero-order valence-corrected chi connectivity index (χ0v) is 9.92. The van der Waals surface area contributed by atoms with E-state index in [1.807, 2.05) is 30.3 Å². The van der Waals surface area contributed by atoms with Crippen LogP contribution in [0.4, 0.5) is 0 Å². The summed E-state index contributed by atoms with van der Waals surface area (Å²) in [5.41, 5.74) is 0.901. The van der Waals surface area contributed by atoms with Crippen molar-refractivity contribution in [3.63, 3.8) is 0 Å². The van der Waals surface area contributed by atoms with E-state index in [9.17, 15) is 9.59 Å². The molecule has 17 heavy (non-hydrogen) atoms. The molecule has 0 saturated carbocycles. The lowest BCUT2D eigenvalue weighted by molar-refractivity contribution is -0.147. The van der Waals surface area contributed by atoms with Gasteiger partial charge in [-0.2, -0.15) is 4.99 Å². The molecule has 0 fully saturated rings. The predicted molar refractivity (Wildman–Crippen MR) is 63.0 cm³/mol. The van der Waals surface area contributed by atoms with Gasteiger partial charge >= 0.3 is 5.97 Å². The molecule has 1 atom stereocenters. The molecule has 0 spiro atoms. The lowest BCUT2D eigenvalue weighted by Gasteiger charge is -2.13. The second kappa shape index (κ2) is 6.61. The molecule has 0 aliphatic carbocycles. The monoisotopic (exact) mass is 233 g/mol. The molecule has 4 nitrogen and oxygen atoms in total. The Hall–Kier alpha value is -1.93. The molecule has 0 radical (unpaired) electrons. The third-order valence-corrected chi connectivity index (χ3v) is 2.29. The van der Waals surface area contributed by atoms with Gasteiger partial charge in [0.15, 0.2) is 6.04 Å². The molecule has 1 aromatic carbocycles. The van der Waals surface area contributed by atoms with Crippen LogP contribution in [0.15, 0.2) is 35.3 Å². The maximum Gasteiger partial charge on any atom is 0.332 e. The number of rotatable bonds is 5. The first-order chi connectivity index (χ1) is 8.15. The van der Waals surface area contributed by atoms with Crippen molar-refractivity contribution in [3.8, 4) is 0 Å². The first-order valence-corrected chi connectivity index (χ1v) is 5.42. The van der Waals surface area contributed by atoms with Crippen LogP contribution in [0.5, 0.6) is 0 Å². The summed E-state index contributed by atoms with van der Waals surface area (Å²) in [5.74, 6) is -0.577. The van der Waals surface area contributed by atoms with Gasteiger partial charge in [-0.05, 0) is 11.5 Å². The van der Waals surface area contributed by atoms with Gasteiger partial charge in [-0.15, -0.1) is 0 Å². The Morgan fingerprint density at radius 3 is 2.53 bits per heavy atom. The van der Waals surface area contributed by atoms with Crippen molar-refractivity contribution < 1.29 is 14.3 Å². The van der Waals surface area contributed by atoms with E-state index in [4.69, 9.17) is 4.74 Å². The number of carbonyl (C=O) groups excluding carboxylic acids is 2. The summed E-state index contributed by atoms with van der Waals surface area (Å²) in [5, 5.41) is 0. The van der Waals surface area contributed by atoms with E-state index in [2.05, 4.69) is 4.99 Å². The SMILES string of the molecule is CC(C)C(N=C=O)C(=O)OCc1ccccc1. The van der Waals surface area contributed by atoms with E-state index >= 15 is 0 Å². The van der Waals surface area contributed by atoms with Crippen LogP contribution < -0.4 is 0 Å². The third kappa shape index (κ3) is 4.21. The highest BCUT2D eigenvalue weighted by Gasteiger charge is 2.22. The van der Waals surface area contributed by atoms with Gasteiger partial charge in [-0.25, -0.2) is 9.59 Å². The average molecular weight is 233 g/mol. The third-order valence-electron chi connectivity index (χ3n) is 2.29. The number of benzene rings is 1. The fourth-order valence-electron chi connectivity index (χ4n) is 1.34. The molecule has 0 aliphatic rings. The Bertz CT molecular complexity index is 408. The highest BCUT2D eigenvalue weighted by molar-refractivity contribution is 5.77. The normalized spacial score (nSPS) is 11.7. The molecule has 4 heteroatoms. The van der Waals surface area contributed by atoms with Crippen molar-refractivity contribution in [1.29, 1.82) is 0 Å². The zero-order valence-electron chi connectivity index (χ0n) is 9.92. The number of isocyanates is 1. The fraction of sp³-hybridized carbons (Fsp3) is 0.385. The highest BCUT2D eigenvalue weighted by Crippen LogP contribution is 2.09. The molecular weight excluding hydrogens is 218 g/mol. The van der Waals surface area contributed by atoms with Gasteiger partial charge in [0.05, 0.1) is 0 Å². The second-order valence-electron chi connectivity index (χ2n) is 4.00. The summed E-state index contributed by atoms with van der Waals surface area (Å²) in [6.45, 7) is 3.79. The van der Waals surface area contributed by atoms with Crippen molar-refractivity contribution in [1.82, 2.24) is 0 Å². The topological polar surface area (TPSA) is 55.7 Å². The van der Waals surface area contributed by atoms with Crippen LogP contribution in [-0.2, 0) is 20.9 Å². The zero-order chi connectivity index (χ0) is 12.7. The number of hydrogen-bond acceptors (Lipinski definition) is 4. The van der Waals surface area contributed by atoms with Gasteiger partial charge in [0.25, 0.3) is 0 Å². The molecule has 90 valence electrons. The molecule has 1 aromatic rings. The summed E-state index contributed by atoms with van der Waals surface area (Å²) in [6.07, 6.45) is 1.40. The quantitative estimate of drug-likeness (QED) is 0.444. The van der Waals surface area contributed by atoms with Gasteiger partial charge in [0, 0.05) is 0 Å². The molecule has 0 aromatic heterocycles. The van der Waals surface area contributed by atoms with Crippen molar-refractivity contribution in [2.24, 2.45) is 10.9 Å². The van der Waals surface area contributed by atoms with Crippen molar-refractivity contribution in [2.75, 3.05) is 0 Å². The summed E-state index contributed by atoms with van der Waals surface area (Å²) in [6, 6.07) is 8.58. The summed E-state index contributed by atoms with van der Waals surface area (Å²) < 4.78 is 5.09. The summed E-state index contributed by atoms with van der Waals surface area (Å²) >= 11 is 0. The Morgan fingerprint density at radius 1 is 1.35 bits per heavy atom. The summed E-state index contributed by atoms with van der Waals surface area (Å²) in [7, 11) is 0.